The van der Waals surface area contributed by atoms with Crippen molar-refractivity contribution in [1.82, 2.24) is 0 Å². The molecular weight excluding hydrogens is 347 g/mol. The van der Waals surface area contributed by atoms with E-state index in [2.05, 4.69) is 5.32 Å². The lowest BCUT2D eigenvalue weighted by Crippen LogP contribution is -2.20. The summed E-state index contributed by atoms with van der Waals surface area (Å²) in [5, 5.41) is 11.5. The molecule has 1 N–H and O–H groups in total. The Labute approximate surface area is 148 Å². The molecule has 1 amide bonds. The smallest absolute Gasteiger partial charge is 0.331 e. The molecule has 0 saturated heterocycles. The number of carbonyl (C=O) groups is 2. The van der Waals surface area contributed by atoms with Gasteiger partial charge >= 0.3 is 5.97 Å². The van der Waals surface area contributed by atoms with Crippen LogP contribution in [-0.4, -0.2) is 18.5 Å². The molecule has 0 bridgehead atoms. The van der Waals surface area contributed by atoms with E-state index < -0.39 is 24.3 Å². The van der Waals surface area contributed by atoms with Crippen LogP contribution in [0.1, 0.15) is 11.1 Å². The number of ether oxygens (including phenoxy) is 1. The van der Waals surface area contributed by atoms with Gasteiger partial charge in [0.15, 0.2) is 6.61 Å². The summed E-state index contributed by atoms with van der Waals surface area (Å²) in [6.07, 6.45) is 2.29. The Morgan fingerprint density at radius 3 is 2.72 bits per heavy atom. The standard InChI is InChI=1S/C18H12ClFN2O3/c19-15-9-14(7-5-13(15)10-21)22-17(23)11-25-18(24)8-6-12-3-1-2-4-16(12)20/h1-9H,11H2,(H,22,23)/b8-6+. The van der Waals surface area contributed by atoms with E-state index in [1.165, 1.54) is 42.5 Å². The van der Waals surface area contributed by atoms with Gasteiger partial charge in [-0.25, -0.2) is 9.18 Å². The summed E-state index contributed by atoms with van der Waals surface area (Å²) in [6.45, 7) is -0.516. The number of hydrogen-bond acceptors (Lipinski definition) is 4. The van der Waals surface area contributed by atoms with E-state index in [9.17, 15) is 14.0 Å². The van der Waals surface area contributed by atoms with Crippen LogP contribution in [0.3, 0.4) is 0 Å². The molecule has 2 rings (SSSR count). The zero-order valence-corrected chi connectivity index (χ0v) is 13.6. The Morgan fingerprint density at radius 1 is 1.28 bits per heavy atom. The number of nitrogens with one attached hydrogen (secondary N) is 1. The van der Waals surface area contributed by atoms with Gasteiger partial charge in [-0.3, -0.25) is 4.79 Å². The molecule has 5 nitrogen and oxygen atoms in total. The minimum atomic E-state index is -0.781. The van der Waals surface area contributed by atoms with Gasteiger partial charge in [0.2, 0.25) is 0 Å². The number of anilines is 1. The summed E-state index contributed by atoms with van der Waals surface area (Å²) in [7, 11) is 0. The minimum Gasteiger partial charge on any atom is -0.452 e. The Balaban J connectivity index is 1.85. The first kappa shape index (κ1) is 18.2. The second kappa shape index (κ2) is 8.62. The summed E-state index contributed by atoms with van der Waals surface area (Å²) in [4.78, 5) is 23.3. The number of esters is 1. The maximum absolute atomic E-state index is 13.4. The number of amides is 1. The second-order valence-corrected chi connectivity index (χ2v) is 5.22. The van der Waals surface area contributed by atoms with Crippen molar-refractivity contribution in [1.29, 1.82) is 5.26 Å². The summed E-state index contributed by atoms with van der Waals surface area (Å²) in [6, 6.07) is 12.2. The maximum Gasteiger partial charge on any atom is 0.331 e. The van der Waals surface area contributed by atoms with Crippen LogP contribution in [-0.2, 0) is 14.3 Å². The number of halogens is 2. The van der Waals surface area contributed by atoms with Crippen molar-refractivity contribution in [2.75, 3.05) is 11.9 Å². The molecule has 0 aromatic heterocycles. The summed E-state index contributed by atoms with van der Waals surface area (Å²) in [5.74, 6) is -1.83. The Kier molecular flexibility index (Phi) is 6.26. The fourth-order valence-corrected chi connectivity index (χ4v) is 2.06. The van der Waals surface area contributed by atoms with E-state index in [1.54, 1.807) is 6.07 Å². The monoisotopic (exact) mass is 358 g/mol. The molecule has 0 aliphatic rings. The quantitative estimate of drug-likeness (QED) is 0.655. The van der Waals surface area contributed by atoms with Crippen LogP contribution < -0.4 is 5.32 Å². The fourth-order valence-electron chi connectivity index (χ4n) is 1.83. The minimum absolute atomic E-state index is 0.199. The first-order valence-corrected chi connectivity index (χ1v) is 7.46. The predicted molar refractivity (Wildman–Crippen MR) is 91.2 cm³/mol. The summed E-state index contributed by atoms with van der Waals surface area (Å²) in [5.41, 5.74) is 0.882. The predicted octanol–water partition coefficient (Wildman–Crippen LogP) is 3.55. The third kappa shape index (κ3) is 5.44. The molecule has 0 radical (unpaired) electrons. The molecule has 0 aliphatic carbocycles. The molecule has 7 heteroatoms. The number of hydrogen-bond donors (Lipinski definition) is 1. The lowest BCUT2D eigenvalue weighted by Gasteiger charge is -2.06. The SMILES string of the molecule is N#Cc1ccc(NC(=O)COC(=O)/C=C/c2ccccc2F)cc1Cl. The van der Waals surface area contributed by atoms with Crippen LogP contribution in [0.5, 0.6) is 0 Å². The first-order valence-electron chi connectivity index (χ1n) is 7.08. The van der Waals surface area contributed by atoms with Gasteiger partial charge in [0.05, 0.1) is 10.6 Å². The van der Waals surface area contributed by atoms with Crippen molar-refractivity contribution in [2.24, 2.45) is 0 Å². The molecule has 0 atom stereocenters. The topological polar surface area (TPSA) is 79.2 Å². The van der Waals surface area contributed by atoms with Gasteiger partial charge in [0, 0.05) is 17.3 Å². The van der Waals surface area contributed by atoms with Gasteiger partial charge in [-0.2, -0.15) is 5.26 Å². The second-order valence-electron chi connectivity index (χ2n) is 4.82. The van der Waals surface area contributed by atoms with E-state index in [-0.39, 0.29) is 16.1 Å². The highest BCUT2D eigenvalue weighted by Crippen LogP contribution is 2.20. The molecule has 0 heterocycles. The molecule has 2 aromatic carbocycles. The van der Waals surface area contributed by atoms with Crippen molar-refractivity contribution in [3.63, 3.8) is 0 Å². The molecular formula is C18H12ClFN2O3. The van der Waals surface area contributed by atoms with E-state index >= 15 is 0 Å². The molecule has 0 aliphatic heterocycles. The molecule has 0 fully saturated rings. The van der Waals surface area contributed by atoms with E-state index in [0.717, 1.165) is 6.08 Å². The van der Waals surface area contributed by atoms with E-state index in [1.807, 2.05) is 6.07 Å². The Bertz CT molecular complexity index is 875. The average molecular weight is 359 g/mol. The van der Waals surface area contributed by atoms with Gasteiger partial charge in [-0.15, -0.1) is 0 Å². The number of rotatable bonds is 5. The van der Waals surface area contributed by atoms with Crippen LogP contribution in [0.25, 0.3) is 6.08 Å². The molecule has 126 valence electrons. The number of nitrogens with zero attached hydrogens (tertiary/aromatic N) is 1. The zero-order chi connectivity index (χ0) is 18.2. The first-order chi connectivity index (χ1) is 12.0. The molecule has 0 saturated carbocycles. The lowest BCUT2D eigenvalue weighted by atomic mass is 10.2. The lowest BCUT2D eigenvalue weighted by molar-refractivity contribution is -0.142. The van der Waals surface area contributed by atoms with Gasteiger partial charge < -0.3 is 10.1 Å². The Hall–Kier alpha value is -3.17. The summed E-state index contributed by atoms with van der Waals surface area (Å²) >= 11 is 5.85. The van der Waals surface area contributed by atoms with Crippen molar-refractivity contribution in [3.8, 4) is 6.07 Å². The van der Waals surface area contributed by atoms with Crippen LogP contribution in [0.4, 0.5) is 10.1 Å². The zero-order valence-electron chi connectivity index (χ0n) is 12.8. The highest BCUT2D eigenvalue weighted by atomic mass is 35.5. The molecule has 0 unspecified atom stereocenters. The van der Waals surface area contributed by atoms with Gasteiger partial charge in [-0.1, -0.05) is 29.8 Å². The van der Waals surface area contributed by atoms with E-state index in [0.29, 0.717) is 5.69 Å². The van der Waals surface area contributed by atoms with E-state index in [4.69, 9.17) is 21.6 Å². The highest BCUT2D eigenvalue weighted by Gasteiger charge is 2.08. The molecule has 0 spiro atoms. The number of benzene rings is 2. The van der Waals surface area contributed by atoms with Crippen LogP contribution >= 0.6 is 11.6 Å². The average Bonchev–Trinajstić information content (AvgIpc) is 2.59. The number of nitriles is 1. The fraction of sp³-hybridized carbons (Fsp3) is 0.0556. The third-order valence-electron chi connectivity index (χ3n) is 3.02. The van der Waals surface area contributed by atoms with Gasteiger partial charge in [-0.05, 0) is 30.3 Å². The van der Waals surface area contributed by atoms with Crippen molar-refractivity contribution >= 4 is 35.2 Å². The third-order valence-corrected chi connectivity index (χ3v) is 3.34. The van der Waals surface area contributed by atoms with Gasteiger partial charge in [0.25, 0.3) is 5.91 Å². The molecule has 2 aromatic rings. The van der Waals surface area contributed by atoms with Crippen molar-refractivity contribution in [3.05, 3.63) is 70.5 Å². The van der Waals surface area contributed by atoms with Crippen molar-refractivity contribution < 1.29 is 18.7 Å². The normalized spacial score (nSPS) is 10.3. The van der Waals surface area contributed by atoms with Crippen molar-refractivity contribution in [2.45, 2.75) is 0 Å². The van der Waals surface area contributed by atoms with Crippen LogP contribution in [0.15, 0.2) is 48.5 Å². The van der Waals surface area contributed by atoms with Gasteiger partial charge in [0.1, 0.15) is 11.9 Å². The highest BCUT2D eigenvalue weighted by molar-refractivity contribution is 6.32. The Morgan fingerprint density at radius 2 is 2.04 bits per heavy atom. The molecule has 25 heavy (non-hydrogen) atoms. The number of carbonyl (C=O) groups excluding carboxylic acids is 2. The largest absolute Gasteiger partial charge is 0.452 e. The van der Waals surface area contributed by atoms with Crippen LogP contribution in [0, 0.1) is 17.1 Å². The maximum atomic E-state index is 13.4. The summed E-state index contributed by atoms with van der Waals surface area (Å²) < 4.78 is 18.2. The van der Waals surface area contributed by atoms with Crippen LogP contribution in [0.2, 0.25) is 5.02 Å².